The van der Waals surface area contributed by atoms with Crippen LogP contribution in [0.1, 0.15) is 16.1 Å². The number of anilines is 3. The highest BCUT2D eigenvalue weighted by atomic mass is 79.9. The highest BCUT2D eigenvalue weighted by molar-refractivity contribution is 9.10. The molecule has 0 aliphatic carbocycles. The van der Waals surface area contributed by atoms with Gasteiger partial charge in [0, 0.05) is 21.2 Å². The van der Waals surface area contributed by atoms with Gasteiger partial charge in [-0.2, -0.15) is 0 Å². The number of hydrogen-bond donors (Lipinski definition) is 2. The average molecular weight is 472 g/mol. The molecule has 0 aliphatic heterocycles. The fourth-order valence-corrected chi connectivity index (χ4v) is 3.44. The number of carbonyl (C=O) groups is 1. The zero-order chi connectivity index (χ0) is 20.3. The van der Waals surface area contributed by atoms with Crippen molar-refractivity contribution in [2.75, 3.05) is 10.6 Å². The SMILES string of the molecule is Cc1cc(Br)ccc1NC(=O)c1csc(Nc2ccc(OC(F)(F)F)cc2)n1. The van der Waals surface area contributed by atoms with Crippen LogP contribution < -0.4 is 15.4 Å². The van der Waals surface area contributed by atoms with Crippen LogP contribution in [-0.4, -0.2) is 17.3 Å². The van der Waals surface area contributed by atoms with Gasteiger partial charge in [-0.15, -0.1) is 24.5 Å². The Bertz CT molecular complexity index is 990. The van der Waals surface area contributed by atoms with E-state index in [1.807, 2.05) is 19.1 Å². The highest BCUT2D eigenvalue weighted by Crippen LogP contribution is 2.27. The molecule has 3 aromatic rings. The van der Waals surface area contributed by atoms with E-state index in [2.05, 4.69) is 36.3 Å². The van der Waals surface area contributed by atoms with E-state index in [0.29, 0.717) is 16.5 Å². The number of ether oxygens (including phenoxy) is 1. The molecule has 10 heteroatoms. The van der Waals surface area contributed by atoms with Gasteiger partial charge in [-0.1, -0.05) is 15.9 Å². The first-order chi connectivity index (χ1) is 13.2. The monoisotopic (exact) mass is 471 g/mol. The van der Waals surface area contributed by atoms with E-state index in [1.165, 1.54) is 35.6 Å². The van der Waals surface area contributed by atoms with Gasteiger partial charge in [0.1, 0.15) is 11.4 Å². The topological polar surface area (TPSA) is 63.2 Å². The number of nitrogens with one attached hydrogen (secondary N) is 2. The van der Waals surface area contributed by atoms with Crippen LogP contribution >= 0.6 is 27.3 Å². The molecule has 0 bridgehead atoms. The lowest BCUT2D eigenvalue weighted by Gasteiger charge is -2.09. The van der Waals surface area contributed by atoms with Crippen LogP contribution in [0.3, 0.4) is 0 Å². The summed E-state index contributed by atoms with van der Waals surface area (Å²) in [5, 5.41) is 7.75. The molecule has 2 aromatic carbocycles. The maximum Gasteiger partial charge on any atom is 0.573 e. The minimum atomic E-state index is -4.74. The summed E-state index contributed by atoms with van der Waals surface area (Å²) in [7, 11) is 0. The smallest absolute Gasteiger partial charge is 0.406 e. The first-order valence-electron chi connectivity index (χ1n) is 7.85. The number of carbonyl (C=O) groups excluding carboxylic acids is 1. The number of hydrogen-bond acceptors (Lipinski definition) is 5. The van der Waals surface area contributed by atoms with Crippen LogP contribution in [0.25, 0.3) is 0 Å². The van der Waals surface area contributed by atoms with Crippen molar-refractivity contribution in [1.29, 1.82) is 0 Å². The first-order valence-corrected chi connectivity index (χ1v) is 9.53. The van der Waals surface area contributed by atoms with Crippen LogP contribution in [0.15, 0.2) is 52.3 Å². The quantitative estimate of drug-likeness (QED) is 0.471. The Morgan fingerprint density at radius 1 is 1.18 bits per heavy atom. The van der Waals surface area contributed by atoms with Crippen LogP contribution in [0.4, 0.5) is 29.7 Å². The molecule has 1 amide bonds. The summed E-state index contributed by atoms with van der Waals surface area (Å²) in [4.78, 5) is 16.6. The number of benzene rings is 2. The molecular weight excluding hydrogens is 459 g/mol. The molecule has 0 radical (unpaired) electrons. The van der Waals surface area contributed by atoms with Gasteiger partial charge >= 0.3 is 6.36 Å². The Morgan fingerprint density at radius 2 is 1.89 bits per heavy atom. The fraction of sp³-hybridized carbons (Fsp3) is 0.111. The summed E-state index contributed by atoms with van der Waals surface area (Å²) in [5.41, 5.74) is 2.32. The molecular formula is C18H13BrF3N3O2S. The Balaban J connectivity index is 1.64. The number of halogens is 4. The van der Waals surface area contributed by atoms with Gasteiger partial charge in [-0.3, -0.25) is 4.79 Å². The lowest BCUT2D eigenvalue weighted by Crippen LogP contribution is -2.16. The largest absolute Gasteiger partial charge is 0.573 e. The van der Waals surface area contributed by atoms with Gasteiger partial charge in [0.25, 0.3) is 5.91 Å². The molecule has 0 spiro atoms. The number of amides is 1. The fourth-order valence-electron chi connectivity index (χ4n) is 2.25. The molecule has 0 fully saturated rings. The Labute approximate surface area is 170 Å². The minimum absolute atomic E-state index is 0.229. The van der Waals surface area contributed by atoms with Crippen molar-refractivity contribution in [2.45, 2.75) is 13.3 Å². The maximum atomic E-state index is 12.4. The summed E-state index contributed by atoms with van der Waals surface area (Å²) in [6, 6.07) is 10.7. The molecule has 0 saturated heterocycles. The van der Waals surface area contributed by atoms with Crippen molar-refractivity contribution < 1.29 is 22.7 Å². The normalized spacial score (nSPS) is 11.2. The second-order valence-electron chi connectivity index (χ2n) is 5.65. The van der Waals surface area contributed by atoms with E-state index in [1.54, 1.807) is 11.4 Å². The Kier molecular flexibility index (Phi) is 5.90. The molecule has 1 aromatic heterocycles. The molecule has 28 heavy (non-hydrogen) atoms. The Hall–Kier alpha value is -2.59. The summed E-state index contributed by atoms with van der Waals surface area (Å²) >= 11 is 4.57. The van der Waals surface area contributed by atoms with E-state index in [9.17, 15) is 18.0 Å². The predicted octanol–water partition coefficient (Wildman–Crippen LogP) is 6.11. The molecule has 5 nitrogen and oxygen atoms in total. The Morgan fingerprint density at radius 3 is 2.54 bits per heavy atom. The standard InChI is InChI=1S/C18H13BrF3N3O2S/c1-10-8-11(19)2-7-14(10)24-16(26)15-9-28-17(25-15)23-12-3-5-13(6-4-12)27-18(20,21)22/h2-9H,1H3,(H,23,25)(H,24,26). The lowest BCUT2D eigenvalue weighted by molar-refractivity contribution is -0.274. The van der Waals surface area contributed by atoms with Crippen LogP contribution in [0.2, 0.25) is 0 Å². The third kappa shape index (κ3) is 5.46. The molecule has 146 valence electrons. The third-order valence-electron chi connectivity index (χ3n) is 3.51. The number of nitrogens with zero attached hydrogens (tertiary/aromatic N) is 1. The predicted molar refractivity (Wildman–Crippen MR) is 105 cm³/mol. The molecule has 0 unspecified atom stereocenters. The van der Waals surface area contributed by atoms with Crippen LogP contribution in [0, 0.1) is 6.92 Å². The molecule has 1 heterocycles. The minimum Gasteiger partial charge on any atom is -0.406 e. The van der Waals surface area contributed by atoms with Crippen LogP contribution in [-0.2, 0) is 0 Å². The molecule has 0 saturated carbocycles. The summed E-state index contributed by atoms with van der Waals surface area (Å²) in [6.45, 7) is 1.88. The number of aromatic nitrogens is 1. The van der Waals surface area contributed by atoms with Gasteiger partial charge in [0.2, 0.25) is 0 Å². The average Bonchev–Trinajstić information content (AvgIpc) is 3.06. The van der Waals surface area contributed by atoms with E-state index < -0.39 is 6.36 Å². The molecule has 0 aliphatic rings. The van der Waals surface area contributed by atoms with Crippen molar-refractivity contribution in [3.8, 4) is 5.75 Å². The van der Waals surface area contributed by atoms with Gasteiger partial charge in [-0.25, -0.2) is 4.98 Å². The van der Waals surface area contributed by atoms with Crippen molar-refractivity contribution in [1.82, 2.24) is 4.98 Å². The van der Waals surface area contributed by atoms with Crippen molar-refractivity contribution >= 4 is 49.7 Å². The van der Waals surface area contributed by atoms with Crippen molar-refractivity contribution in [2.24, 2.45) is 0 Å². The van der Waals surface area contributed by atoms with Crippen molar-refractivity contribution in [3.63, 3.8) is 0 Å². The highest BCUT2D eigenvalue weighted by Gasteiger charge is 2.30. The van der Waals surface area contributed by atoms with E-state index >= 15 is 0 Å². The van der Waals surface area contributed by atoms with E-state index in [-0.39, 0.29) is 17.4 Å². The summed E-state index contributed by atoms with van der Waals surface area (Å²) < 4.78 is 41.3. The van der Waals surface area contributed by atoms with Gasteiger partial charge in [0.05, 0.1) is 0 Å². The van der Waals surface area contributed by atoms with Gasteiger partial charge < -0.3 is 15.4 Å². The van der Waals surface area contributed by atoms with Crippen molar-refractivity contribution in [3.05, 3.63) is 63.6 Å². The van der Waals surface area contributed by atoms with Gasteiger partial charge in [-0.05, 0) is 55.0 Å². The first kappa shape index (κ1) is 20.2. The molecule has 2 N–H and O–H groups in total. The number of aryl methyl sites for hydroxylation is 1. The molecule has 0 atom stereocenters. The summed E-state index contributed by atoms with van der Waals surface area (Å²) in [5.74, 6) is -0.675. The zero-order valence-corrected chi connectivity index (χ0v) is 16.7. The molecule has 3 rings (SSSR count). The second-order valence-corrected chi connectivity index (χ2v) is 7.42. The number of thiazole rings is 1. The zero-order valence-electron chi connectivity index (χ0n) is 14.3. The van der Waals surface area contributed by atoms with Crippen LogP contribution in [0.5, 0.6) is 5.75 Å². The summed E-state index contributed by atoms with van der Waals surface area (Å²) in [6.07, 6.45) is -4.74. The van der Waals surface area contributed by atoms with E-state index in [4.69, 9.17) is 0 Å². The third-order valence-corrected chi connectivity index (χ3v) is 4.76. The second kappa shape index (κ2) is 8.19. The maximum absolute atomic E-state index is 12.4. The number of rotatable bonds is 5. The van der Waals surface area contributed by atoms with Gasteiger partial charge in [0.15, 0.2) is 5.13 Å². The number of alkyl halides is 3. The van der Waals surface area contributed by atoms with E-state index in [0.717, 1.165) is 10.0 Å². The lowest BCUT2D eigenvalue weighted by atomic mass is 10.2.